The van der Waals surface area contributed by atoms with Crippen LogP contribution in [0.4, 0.5) is 16.6 Å². The first-order chi connectivity index (χ1) is 11.7. The number of pyridine rings is 1. The molecule has 3 heterocycles. The largest absolute Gasteiger partial charge is 0.373 e. The molecule has 120 valence electrons. The third kappa shape index (κ3) is 2.66. The molecule has 0 atom stereocenters. The smallest absolute Gasteiger partial charge is 0.210 e. The summed E-state index contributed by atoms with van der Waals surface area (Å²) < 4.78 is 0. The van der Waals surface area contributed by atoms with Crippen molar-refractivity contribution in [2.24, 2.45) is 0 Å². The van der Waals surface area contributed by atoms with Gasteiger partial charge in [-0.15, -0.1) is 10.2 Å². The summed E-state index contributed by atoms with van der Waals surface area (Å²) in [5.41, 5.74) is 2.61. The Bertz CT molecular complexity index is 1010. The zero-order chi connectivity index (χ0) is 16.5. The second kappa shape index (κ2) is 6.06. The van der Waals surface area contributed by atoms with Crippen molar-refractivity contribution in [2.75, 3.05) is 17.7 Å². The van der Waals surface area contributed by atoms with E-state index in [-0.39, 0.29) is 0 Å². The molecule has 0 aliphatic heterocycles. The lowest BCUT2D eigenvalue weighted by Crippen LogP contribution is -1.91. The molecule has 0 saturated carbocycles. The van der Waals surface area contributed by atoms with E-state index in [9.17, 15) is 0 Å². The first-order valence-corrected chi connectivity index (χ1v) is 8.30. The minimum atomic E-state index is 0.597. The Kier molecular flexibility index (Phi) is 3.75. The normalized spacial score (nSPS) is 10.9. The van der Waals surface area contributed by atoms with Gasteiger partial charge in [-0.2, -0.15) is 5.10 Å². The molecule has 7 nitrogen and oxygen atoms in total. The topological polar surface area (TPSA) is 91.4 Å². The van der Waals surface area contributed by atoms with E-state index in [0.717, 1.165) is 33.0 Å². The van der Waals surface area contributed by atoms with Crippen molar-refractivity contribution >= 4 is 50.5 Å². The summed E-state index contributed by atoms with van der Waals surface area (Å²) in [7, 11) is 1.83. The number of fused-ring (bicyclic) bond motifs is 1. The Labute approximate surface area is 146 Å². The van der Waals surface area contributed by atoms with E-state index < -0.39 is 0 Å². The zero-order valence-electron chi connectivity index (χ0n) is 12.5. The van der Waals surface area contributed by atoms with Crippen LogP contribution in [0, 0.1) is 0 Å². The van der Waals surface area contributed by atoms with Gasteiger partial charge >= 0.3 is 0 Å². The molecular weight excluding hydrogens is 346 g/mol. The van der Waals surface area contributed by atoms with Crippen molar-refractivity contribution in [1.82, 2.24) is 25.4 Å². The lowest BCUT2D eigenvalue weighted by atomic mass is 10.2. The van der Waals surface area contributed by atoms with Crippen LogP contribution in [-0.2, 0) is 0 Å². The summed E-state index contributed by atoms with van der Waals surface area (Å²) in [5.74, 6) is 0.783. The summed E-state index contributed by atoms with van der Waals surface area (Å²) in [5, 5.41) is 24.4. The van der Waals surface area contributed by atoms with Crippen molar-refractivity contribution in [3.8, 4) is 10.6 Å². The molecule has 0 amide bonds. The molecule has 0 radical (unpaired) electrons. The molecular formula is C15H12ClN7S. The number of hydrogen-bond acceptors (Lipinski definition) is 7. The highest BCUT2D eigenvalue weighted by Crippen LogP contribution is 2.34. The fourth-order valence-corrected chi connectivity index (χ4v) is 3.30. The number of nitrogens with zero attached hydrogens (tertiary/aromatic N) is 4. The maximum absolute atomic E-state index is 6.41. The molecule has 1 aromatic carbocycles. The van der Waals surface area contributed by atoms with Crippen LogP contribution in [0.5, 0.6) is 0 Å². The van der Waals surface area contributed by atoms with Gasteiger partial charge in [0.2, 0.25) is 5.13 Å². The maximum Gasteiger partial charge on any atom is 0.210 e. The molecule has 4 aromatic rings. The molecule has 9 heteroatoms. The molecule has 4 rings (SSSR count). The fourth-order valence-electron chi connectivity index (χ4n) is 2.29. The van der Waals surface area contributed by atoms with Crippen LogP contribution in [-0.4, -0.2) is 32.4 Å². The second-order valence-corrected chi connectivity index (χ2v) is 6.33. The number of anilines is 3. The maximum atomic E-state index is 6.41. The van der Waals surface area contributed by atoms with Gasteiger partial charge in [0.25, 0.3) is 0 Å². The van der Waals surface area contributed by atoms with Crippen LogP contribution in [0.2, 0.25) is 5.02 Å². The highest BCUT2D eigenvalue weighted by Gasteiger charge is 2.11. The number of rotatable bonds is 4. The summed E-state index contributed by atoms with van der Waals surface area (Å²) in [6.45, 7) is 0. The standard InChI is InChI=1S/C15H12ClN7S/c1-17-12-6-8(4-5-18-12)14-22-23-15(24-14)20-11-3-2-10-9(13(11)16)7-19-21-10/h2-7H,1H3,(H,17,18)(H,19,21)(H,20,23). The summed E-state index contributed by atoms with van der Waals surface area (Å²) >= 11 is 7.86. The molecule has 0 saturated heterocycles. The third-order valence-corrected chi connectivity index (χ3v) is 4.78. The molecule has 0 unspecified atom stereocenters. The van der Waals surface area contributed by atoms with Crippen molar-refractivity contribution in [3.63, 3.8) is 0 Å². The van der Waals surface area contributed by atoms with Gasteiger partial charge in [-0.05, 0) is 24.3 Å². The number of aromatic nitrogens is 5. The van der Waals surface area contributed by atoms with E-state index in [1.54, 1.807) is 12.4 Å². The van der Waals surface area contributed by atoms with Gasteiger partial charge in [-0.25, -0.2) is 4.98 Å². The van der Waals surface area contributed by atoms with Crippen LogP contribution in [0.1, 0.15) is 0 Å². The van der Waals surface area contributed by atoms with Gasteiger partial charge < -0.3 is 10.6 Å². The third-order valence-electron chi connectivity index (χ3n) is 3.49. The van der Waals surface area contributed by atoms with E-state index in [4.69, 9.17) is 11.6 Å². The first-order valence-electron chi connectivity index (χ1n) is 7.11. The van der Waals surface area contributed by atoms with Crippen LogP contribution in [0.15, 0.2) is 36.7 Å². The number of nitrogens with one attached hydrogen (secondary N) is 3. The Balaban J connectivity index is 1.63. The van der Waals surface area contributed by atoms with Gasteiger partial charge in [0, 0.05) is 24.2 Å². The van der Waals surface area contributed by atoms with Crippen molar-refractivity contribution in [2.45, 2.75) is 0 Å². The Hall–Kier alpha value is -2.71. The van der Waals surface area contributed by atoms with Crippen molar-refractivity contribution in [1.29, 1.82) is 0 Å². The molecule has 24 heavy (non-hydrogen) atoms. The van der Waals surface area contributed by atoms with Crippen LogP contribution in [0.3, 0.4) is 0 Å². The highest BCUT2D eigenvalue weighted by molar-refractivity contribution is 7.18. The summed E-state index contributed by atoms with van der Waals surface area (Å²) in [6, 6.07) is 7.63. The van der Waals surface area contributed by atoms with Crippen molar-refractivity contribution < 1.29 is 0 Å². The average Bonchev–Trinajstić information content (AvgIpc) is 3.27. The molecule has 3 N–H and O–H groups in total. The molecule has 3 aromatic heterocycles. The van der Waals surface area contributed by atoms with Gasteiger partial charge in [0.05, 0.1) is 22.4 Å². The monoisotopic (exact) mass is 357 g/mol. The average molecular weight is 358 g/mol. The predicted molar refractivity (Wildman–Crippen MR) is 97.1 cm³/mol. The van der Waals surface area contributed by atoms with E-state index >= 15 is 0 Å². The molecule has 0 fully saturated rings. The number of benzene rings is 1. The zero-order valence-corrected chi connectivity index (χ0v) is 14.1. The fraction of sp³-hybridized carbons (Fsp3) is 0.0667. The van der Waals surface area contributed by atoms with E-state index in [0.29, 0.717) is 10.2 Å². The van der Waals surface area contributed by atoms with E-state index in [1.807, 2.05) is 31.3 Å². The van der Waals surface area contributed by atoms with E-state index in [2.05, 4.69) is 36.0 Å². The van der Waals surface area contributed by atoms with Crippen LogP contribution >= 0.6 is 22.9 Å². The Morgan fingerprint density at radius 2 is 2.12 bits per heavy atom. The van der Waals surface area contributed by atoms with Crippen molar-refractivity contribution in [3.05, 3.63) is 41.7 Å². The number of hydrogen-bond donors (Lipinski definition) is 3. The molecule has 0 aliphatic rings. The first kappa shape index (κ1) is 14.9. The SMILES string of the molecule is CNc1cc(-c2nnc(Nc3ccc4[nH]ncc4c3Cl)s2)ccn1. The Morgan fingerprint density at radius 1 is 1.21 bits per heavy atom. The van der Waals surface area contributed by atoms with Gasteiger partial charge in [0.15, 0.2) is 0 Å². The lowest BCUT2D eigenvalue weighted by Gasteiger charge is -2.05. The molecule has 0 aliphatic carbocycles. The quantitative estimate of drug-likeness (QED) is 0.513. The van der Waals surface area contributed by atoms with E-state index in [1.165, 1.54) is 11.3 Å². The summed E-state index contributed by atoms with van der Waals surface area (Å²) in [6.07, 6.45) is 3.43. The number of aromatic amines is 1. The second-order valence-electron chi connectivity index (χ2n) is 4.98. The van der Waals surface area contributed by atoms with Crippen LogP contribution < -0.4 is 10.6 Å². The molecule has 0 bridgehead atoms. The predicted octanol–water partition coefficient (Wildman–Crippen LogP) is 3.92. The Morgan fingerprint density at radius 3 is 3.00 bits per heavy atom. The van der Waals surface area contributed by atoms with Gasteiger partial charge in [-0.3, -0.25) is 5.10 Å². The van der Waals surface area contributed by atoms with Gasteiger partial charge in [0.1, 0.15) is 10.8 Å². The minimum Gasteiger partial charge on any atom is -0.373 e. The van der Waals surface area contributed by atoms with Crippen LogP contribution in [0.25, 0.3) is 21.5 Å². The highest BCUT2D eigenvalue weighted by atomic mass is 35.5. The molecule has 0 spiro atoms. The van der Waals surface area contributed by atoms with Gasteiger partial charge in [-0.1, -0.05) is 22.9 Å². The lowest BCUT2D eigenvalue weighted by molar-refractivity contribution is 1.10. The number of H-pyrrole nitrogens is 1. The minimum absolute atomic E-state index is 0.597. The number of halogens is 1. The summed E-state index contributed by atoms with van der Waals surface area (Å²) in [4.78, 5) is 4.20.